The quantitative estimate of drug-likeness (QED) is 0.826. The molecule has 7 heteroatoms. The lowest BCUT2D eigenvalue weighted by atomic mass is 9.97. The van der Waals surface area contributed by atoms with Crippen LogP contribution in [0.25, 0.3) is 5.69 Å². The van der Waals surface area contributed by atoms with Gasteiger partial charge in [-0.05, 0) is 42.9 Å². The first-order valence-electron chi connectivity index (χ1n) is 9.99. The Bertz CT molecular complexity index is 851. The fraction of sp³-hybridized carbons (Fsp3) is 0.524. The van der Waals surface area contributed by atoms with E-state index in [1.54, 1.807) is 9.58 Å². The normalized spacial score (nSPS) is 15.2. The maximum atomic E-state index is 13.1. The van der Waals surface area contributed by atoms with E-state index in [-0.39, 0.29) is 11.8 Å². The summed E-state index contributed by atoms with van der Waals surface area (Å²) in [4.78, 5) is 25.9. The van der Waals surface area contributed by atoms with Gasteiger partial charge in [0, 0.05) is 13.1 Å². The zero-order chi connectivity index (χ0) is 20.3. The molecule has 2 heterocycles. The third-order valence-electron chi connectivity index (χ3n) is 5.37. The van der Waals surface area contributed by atoms with Gasteiger partial charge >= 0.3 is 5.97 Å². The second kappa shape index (κ2) is 8.54. The SMILES string of the molecule is CCCc1c(C(=O)N2CCC(C(=O)O)CC2)nnn1-c1cccc(C(C)C)c1. The zero-order valence-electron chi connectivity index (χ0n) is 16.8. The number of hydrogen-bond donors (Lipinski definition) is 1. The fourth-order valence-electron chi connectivity index (χ4n) is 3.63. The molecular weight excluding hydrogens is 356 g/mol. The highest BCUT2D eigenvalue weighted by Gasteiger charge is 2.30. The number of aliphatic carboxylic acids is 1. The van der Waals surface area contributed by atoms with Gasteiger partial charge in [-0.15, -0.1) is 5.10 Å². The van der Waals surface area contributed by atoms with Crippen molar-refractivity contribution in [3.05, 3.63) is 41.2 Å². The highest BCUT2D eigenvalue weighted by Crippen LogP contribution is 2.23. The number of nitrogens with zero attached hydrogens (tertiary/aromatic N) is 4. The summed E-state index contributed by atoms with van der Waals surface area (Å²) in [5.74, 6) is -0.906. The average Bonchev–Trinajstić information content (AvgIpc) is 3.11. The predicted molar refractivity (Wildman–Crippen MR) is 106 cm³/mol. The van der Waals surface area contributed by atoms with Gasteiger partial charge in [0.25, 0.3) is 5.91 Å². The predicted octanol–water partition coefficient (Wildman–Crippen LogP) is 3.28. The van der Waals surface area contributed by atoms with E-state index in [4.69, 9.17) is 5.11 Å². The van der Waals surface area contributed by atoms with Crippen molar-refractivity contribution in [3.63, 3.8) is 0 Å². The van der Waals surface area contributed by atoms with Crippen LogP contribution in [0.1, 0.15) is 67.7 Å². The molecule has 0 aliphatic carbocycles. The van der Waals surface area contributed by atoms with E-state index >= 15 is 0 Å². The monoisotopic (exact) mass is 384 g/mol. The summed E-state index contributed by atoms with van der Waals surface area (Å²) >= 11 is 0. The molecule has 0 spiro atoms. The minimum absolute atomic E-state index is 0.154. The molecule has 0 saturated carbocycles. The van der Waals surface area contributed by atoms with Crippen LogP contribution in [0.2, 0.25) is 0 Å². The summed E-state index contributed by atoms with van der Waals surface area (Å²) in [6.07, 6.45) is 2.54. The van der Waals surface area contributed by atoms with Crippen molar-refractivity contribution >= 4 is 11.9 Å². The summed E-state index contributed by atoms with van der Waals surface area (Å²) in [5, 5.41) is 17.7. The maximum Gasteiger partial charge on any atom is 0.306 e. The first kappa shape index (κ1) is 20.0. The molecule has 0 unspecified atom stereocenters. The molecule has 1 amide bonds. The van der Waals surface area contributed by atoms with E-state index in [2.05, 4.69) is 43.2 Å². The lowest BCUT2D eigenvalue weighted by Gasteiger charge is -2.29. The van der Waals surface area contributed by atoms with Crippen LogP contribution < -0.4 is 0 Å². The summed E-state index contributed by atoms with van der Waals surface area (Å²) < 4.78 is 1.77. The van der Waals surface area contributed by atoms with Crippen molar-refractivity contribution in [1.29, 1.82) is 0 Å². The molecule has 7 nitrogen and oxygen atoms in total. The number of likely N-dealkylation sites (tertiary alicyclic amines) is 1. The Balaban J connectivity index is 1.88. The zero-order valence-corrected chi connectivity index (χ0v) is 16.8. The van der Waals surface area contributed by atoms with E-state index in [0.717, 1.165) is 17.8 Å². The molecule has 0 radical (unpaired) electrons. The van der Waals surface area contributed by atoms with Crippen LogP contribution in [0.5, 0.6) is 0 Å². The number of carboxylic acid groups (broad SMARTS) is 1. The molecule has 2 aromatic rings. The standard InChI is InChI=1S/C21H28N4O3/c1-4-6-18-19(20(26)24-11-9-15(10-12-24)21(27)28)22-23-25(18)17-8-5-7-16(13-17)14(2)3/h5,7-8,13-15H,4,6,9-12H2,1-3H3,(H,27,28). The van der Waals surface area contributed by atoms with Gasteiger partial charge in [0.15, 0.2) is 5.69 Å². The number of aromatic nitrogens is 3. The number of amides is 1. The average molecular weight is 384 g/mol. The van der Waals surface area contributed by atoms with Gasteiger partial charge < -0.3 is 10.0 Å². The number of carbonyl (C=O) groups excluding carboxylic acids is 1. The number of rotatable bonds is 6. The first-order chi connectivity index (χ1) is 13.4. The molecule has 0 bridgehead atoms. The van der Waals surface area contributed by atoms with Gasteiger partial charge in [-0.2, -0.15) is 0 Å². The molecule has 1 aromatic heterocycles. The van der Waals surface area contributed by atoms with Crippen molar-refractivity contribution < 1.29 is 14.7 Å². The topological polar surface area (TPSA) is 88.3 Å². The molecule has 150 valence electrons. The number of carbonyl (C=O) groups is 2. The highest BCUT2D eigenvalue weighted by molar-refractivity contribution is 5.93. The Kier molecular flexibility index (Phi) is 6.11. The minimum Gasteiger partial charge on any atom is -0.481 e. The number of carboxylic acids is 1. The Labute approximate surface area is 165 Å². The largest absolute Gasteiger partial charge is 0.481 e. The van der Waals surface area contributed by atoms with Gasteiger partial charge in [0.05, 0.1) is 17.3 Å². The van der Waals surface area contributed by atoms with Crippen molar-refractivity contribution in [2.24, 2.45) is 5.92 Å². The van der Waals surface area contributed by atoms with Gasteiger partial charge in [-0.3, -0.25) is 9.59 Å². The van der Waals surface area contributed by atoms with Crippen LogP contribution in [0.3, 0.4) is 0 Å². The van der Waals surface area contributed by atoms with E-state index in [9.17, 15) is 9.59 Å². The number of hydrogen-bond acceptors (Lipinski definition) is 4. The smallest absolute Gasteiger partial charge is 0.306 e. The van der Waals surface area contributed by atoms with Crippen molar-refractivity contribution in [1.82, 2.24) is 19.9 Å². The van der Waals surface area contributed by atoms with E-state index < -0.39 is 5.97 Å². The molecule has 1 aliphatic rings. The lowest BCUT2D eigenvalue weighted by Crippen LogP contribution is -2.40. The third kappa shape index (κ3) is 4.08. The first-order valence-corrected chi connectivity index (χ1v) is 9.99. The van der Waals surface area contributed by atoms with Crippen LogP contribution in [-0.4, -0.2) is 50.0 Å². The molecule has 28 heavy (non-hydrogen) atoms. The molecule has 1 aromatic carbocycles. The summed E-state index contributed by atoms with van der Waals surface area (Å²) in [5.41, 5.74) is 3.31. The number of benzene rings is 1. The van der Waals surface area contributed by atoms with E-state index in [1.807, 2.05) is 12.1 Å². The van der Waals surface area contributed by atoms with Crippen molar-refractivity contribution in [2.45, 2.75) is 52.4 Å². The van der Waals surface area contributed by atoms with Crippen LogP contribution in [0.15, 0.2) is 24.3 Å². The van der Waals surface area contributed by atoms with Crippen LogP contribution >= 0.6 is 0 Å². The van der Waals surface area contributed by atoms with Crippen LogP contribution in [-0.2, 0) is 11.2 Å². The van der Waals surface area contributed by atoms with Crippen molar-refractivity contribution in [3.8, 4) is 5.69 Å². The molecule has 3 rings (SSSR count). The minimum atomic E-state index is -0.783. The Morgan fingerprint density at radius 2 is 1.96 bits per heavy atom. The maximum absolute atomic E-state index is 13.1. The Morgan fingerprint density at radius 1 is 1.25 bits per heavy atom. The molecule has 1 aliphatic heterocycles. The van der Waals surface area contributed by atoms with Gasteiger partial charge in [0.1, 0.15) is 0 Å². The Hall–Kier alpha value is -2.70. The molecular formula is C21H28N4O3. The van der Waals surface area contributed by atoms with E-state index in [1.165, 1.54) is 5.56 Å². The third-order valence-corrected chi connectivity index (χ3v) is 5.37. The van der Waals surface area contributed by atoms with Crippen LogP contribution in [0.4, 0.5) is 0 Å². The second-order valence-corrected chi connectivity index (χ2v) is 7.70. The van der Waals surface area contributed by atoms with E-state index in [0.29, 0.717) is 44.0 Å². The fourth-order valence-corrected chi connectivity index (χ4v) is 3.63. The molecule has 1 saturated heterocycles. The summed E-state index contributed by atoms with van der Waals surface area (Å²) in [6, 6.07) is 8.15. The Morgan fingerprint density at radius 3 is 2.57 bits per heavy atom. The second-order valence-electron chi connectivity index (χ2n) is 7.70. The van der Waals surface area contributed by atoms with Gasteiger partial charge in [0.2, 0.25) is 0 Å². The van der Waals surface area contributed by atoms with Crippen molar-refractivity contribution in [2.75, 3.05) is 13.1 Å². The molecule has 1 N–H and O–H groups in total. The van der Waals surface area contributed by atoms with Gasteiger partial charge in [-0.1, -0.05) is 44.5 Å². The number of piperidine rings is 1. The highest BCUT2D eigenvalue weighted by atomic mass is 16.4. The molecule has 0 atom stereocenters. The molecule has 1 fully saturated rings. The summed E-state index contributed by atoms with van der Waals surface area (Å²) in [6.45, 7) is 7.23. The van der Waals surface area contributed by atoms with Gasteiger partial charge in [-0.25, -0.2) is 4.68 Å². The van der Waals surface area contributed by atoms with Crippen LogP contribution in [0, 0.1) is 5.92 Å². The lowest BCUT2D eigenvalue weighted by molar-refractivity contribution is -0.143. The summed E-state index contributed by atoms with van der Waals surface area (Å²) in [7, 11) is 0.